The second-order valence-electron chi connectivity index (χ2n) is 5.64. The zero-order valence-electron chi connectivity index (χ0n) is 13.7. The molecule has 1 aromatic carbocycles. The number of hydrogen-bond acceptors (Lipinski definition) is 6. The van der Waals surface area contributed by atoms with Crippen LogP contribution in [0.5, 0.6) is 0 Å². The fraction of sp³-hybridized carbons (Fsp3) is 0.312. The van der Waals surface area contributed by atoms with Crippen LogP contribution in [0.15, 0.2) is 35.7 Å². The first kappa shape index (κ1) is 17.7. The maximum absolute atomic E-state index is 12.4. The predicted octanol–water partition coefficient (Wildman–Crippen LogP) is 1.61. The maximum atomic E-state index is 12.4. The second-order valence-corrected chi connectivity index (χ2v) is 8.21. The van der Waals surface area contributed by atoms with E-state index in [-0.39, 0.29) is 19.0 Å². The first-order valence-corrected chi connectivity index (χ1v) is 10.1. The van der Waals surface area contributed by atoms with E-state index in [0.717, 1.165) is 17.1 Å². The normalized spacial score (nSPS) is 16.4. The summed E-state index contributed by atoms with van der Waals surface area (Å²) < 4.78 is 30.0. The Morgan fingerprint density at radius 2 is 1.84 bits per heavy atom. The van der Waals surface area contributed by atoms with Crippen molar-refractivity contribution in [1.82, 2.24) is 18.8 Å². The summed E-state index contributed by atoms with van der Waals surface area (Å²) in [6, 6.07) is 9.27. The third-order valence-electron chi connectivity index (χ3n) is 3.96. The molecule has 0 unspecified atom stereocenters. The van der Waals surface area contributed by atoms with Crippen LogP contribution in [0.2, 0.25) is 0 Å². The first-order chi connectivity index (χ1) is 12.0. The molecular formula is C16H18N4O3S2. The standard InChI is InChI=1S/C16H18N4O3S2/c1-13-15(24-18-17-13)16(21)19-8-10-20(11-9-19)25(22,23)12-7-14-5-3-2-4-6-14/h2-7,12H,8-11H2,1H3/b12-7+. The monoisotopic (exact) mass is 378 g/mol. The third kappa shape index (κ3) is 4.12. The second kappa shape index (κ2) is 7.42. The third-order valence-corrected chi connectivity index (χ3v) is 6.34. The van der Waals surface area contributed by atoms with Gasteiger partial charge in [0.1, 0.15) is 4.88 Å². The molecule has 1 aliphatic heterocycles. The van der Waals surface area contributed by atoms with E-state index in [1.807, 2.05) is 30.3 Å². The molecule has 2 aromatic rings. The molecule has 1 fully saturated rings. The smallest absolute Gasteiger partial charge is 0.267 e. The lowest BCUT2D eigenvalue weighted by molar-refractivity contribution is 0.0702. The van der Waals surface area contributed by atoms with Gasteiger partial charge >= 0.3 is 0 Å². The number of nitrogens with zero attached hydrogens (tertiary/aromatic N) is 4. The molecule has 1 saturated heterocycles. The zero-order valence-corrected chi connectivity index (χ0v) is 15.3. The van der Waals surface area contributed by atoms with Crippen LogP contribution in [-0.2, 0) is 10.0 Å². The molecule has 3 rings (SSSR count). The van der Waals surface area contributed by atoms with Crippen LogP contribution in [0.1, 0.15) is 20.9 Å². The largest absolute Gasteiger partial charge is 0.335 e. The molecule has 0 radical (unpaired) electrons. The molecule has 1 amide bonds. The average Bonchev–Trinajstić information content (AvgIpc) is 3.06. The Labute approximate surface area is 150 Å². The summed E-state index contributed by atoms with van der Waals surface area (Å²) in [6.45, 7) is 3.01. The number of sulfonamides is 1. The van der Waals surface area contributed by atoms with Crippen molar-refractivity contribution in [2.24, 2.45) is 0 Å². The Bertz CT molecular complexity index is 870. The molecule has 25 heavy (non-hydrogen) atoms. The highest BCUT2D eigenvalue weighted by Gasteiger charge is 2.29. The zero-order chi connectivity index (χ0) is 17.9. The molecule has 2 heterocycles. The molecule has 0 saturated carbocycles. The number of rotatable bonds is 4. The number of carbonyl (C=O) groups is 1. The van der Waals surface area contributed by atoms with Crippen molar-refractivity contribution in [1.29, 1.82) is 0 Å². The molecule has 9 heteroatoms. The van der Waals surface area contributed by atoms with Gasteiger partial charge in [-0.3, -0.25) is 4.79 Å². The molecule has 1 aromatic heterocycles. The van der Waals surface area contributed by atoms with Crippen LogP contribution < -0.4 is 0 Å². The molecule has 132 valence electrons. The van der Waals surface area contributed by atoms with Gasteiger partial charge in [0.2, 0.25) is 10.0 Å². The van der Waals surface area contributed by atoms with Gasteiger partial charge in [0.15, 0.2) is 0 Å². The van der Waals surface area contributed by atoms with E-state index in [1.54, 1.807) is 17.9 Å². The molecule has 0 bridgehead atoms. The van der Waals surface area contributed by atoms with Crippen LogP contribution >= 0.6 is 11.5 Å². The quantitative estimate of drug-likeness (QED) is 0.807. The van der Waals surface area contributed by atoms with Gasteiger partial charge in [-0.15, -0.1) is 5.10 Å². The molecule has 0 atom stereocenters. The number of aryl methyl sites for hydroxylation is 1. The highest BCUT2D eigenvalue weighted by atomic mass is 32.2. The Balaban J connectivity index is 1.62. The SMILES string of the molecule is Cc1nnsc1C(=O)N1CCN(S(=O)(=O)/C=C/c2ccccc2)CC1. The Morgan fingerprint density at radius 3 is 2.44 bits per heavy atom. The van der Waals surface area contributed by atoms with Gasteiger partial charge in [0.05, 0.1) is 5.69 Å². The fourth-order valence-electron chi connectivity index (χ4n) is 2.53. The summed E-state index contributed by atoms with van der Waals surface area (Å²) in [6.07, 6.45) is 1.58. The van der Waals surface area contributed by atoms with Gasteiger partial charge in [-0.05, 0) is 30.1 Å². The van der Waals surface area contributed by atoms with Crippen molar-refractivity contribution < 1.29 is 13.2 Å². The number of piperazine rings is 1. The summed E-state index contributed by atoms with van der Waals surface area (Å²) in [7, 11) is -3.50. The minimum absolute atomic E-state index is 0.135. The molecule has 7 nitrogen and oxygen atoms in total. The van der Waals surface area contributed by atoms with E-state index < -0.39 is 10.0 Å². The van der Waals surface area contributed by atoms with Crippen LogP contribution in [0.25, 0.3) is 6.08 Å². The summed E-state index contributed by atoms with van der Waals surface area (Å²) >= 11 is 1.07. The minimum atomic E-state index is -3.50. The number of hydrogen-bond donors (Lipinski definition) is 0. The highest BCUT2D eigenvalue weighted by molar-refractivity contribution is 7.92. The van der Waals surface area contributed by atoms with Crippen LogP contribution in [0, 0.1) is 6.92 Å². The topological polar surface area (TPSA) is 83.5 Å². The predicted molar refractivity (Wildman–Crippen MR) is 96.5 cm³/mol. The molecule has 1 aliphatic rings. The lowest BCUT2D eigenvalue weighted by atomic mass is 10.2. The van der Waals surface area contributed by atoms with E-state index in [1.165, 1.54) is 9.71 Å². The highest BCUT2D eigenvalue weighted by Crippen LogP contribution is 2.16. The van der Waals surface area contributed by atoms with Crippen LogP contribution in [-0.4, -0.2) is 59.3 Å². The van der Waals surface area contributed by atoms with Gasteiger partial charge in [-0.1, -0.05) is 34.8 Å². The number of aromatic nitrogens is 2. The molecule has 0 aliphatic carbocycles. The van der Waals surface area contributed by atoms with Gasteiger partial charge in [-0.25, -0.2) is 8.42 Å². The summed E-state index contributed by atoms with van der Waals surface area (Å²) in [5, 5.41) is 5.06. The lowest BCUT2D eigenvalue weighted by Gasteiger charge is -2.33. The van der Waals surface area contributed by atoms with Gasteiger partial charge in [-0.2, -0.15) is 4.31 Å². The van der Waals surface area contributed by atoms with Crippen LogP contribution in [0.4, 0.5) is 0 Å². The van der Waals surface area contributed by atoms with E-state index in [2.05, 4.69) is 9.59 Å². The number of carbonyl (C=O) groups excluding carboxylic acids is 1. The van der Waals surface area contributed by atoms with Crippen molar-refractivity contribution in [2.45, 2.75) is 6.92 Å². The maximum Gasteiger partial charge on any atom is 0.267 e. The Hall–Kier alpha value is -2.10. The van der Waals surface area contributed by atoms with Crippen LogP contribution in [0.3, 0.4) is 0 Å². The fourth-order valence-corrected chi connectivity index (χ4v) is 4.33. The number of amides is 1. The molecule has 0 N–H and O–H groups in total. The van der Waals surface area contributed by atoms with Crippen molar-refractivity contribution in [3.8, 4) is 0 Å². The van der Waals surface area contributed by atoms with Gasteiger partial charge in [0.25, 0.3) is 5.91 Å². The summed E-state index contributed by atoms with van der Waals surface area (Å²) in [4.78, 5) is 14.6. The number of benzene rings is 1. The lowest BCUT2D eigenvalue weighted by Crippen LogP contribution is -2.50. The Morgan fingerprint density at radius 1 is 1.16 bits per heavy atom. The van der Waals surface area contributed by atoms with Crippen molar-refractivity contribution in [2.75, 3.05) is 26.2 Å². The Kier molecular flexibility index (Phi) is 5.26. The minimum Gasteiger partial charge on any atom is -0.335 e. The average molecular weight is 378 g/mol. The van der Waals surface area contributed by atoms with Crippen molar-refractivity contribution >= 4 is 33.5 Å². The molecule has 0 spiro atoms. The van der Waals surface area contributed by atoms with E-state index in [0.29, 0.717) is 23.7 Å². The summed E-state index contributed by atoms with van der Waals surface area (Å²) in [5.74, 6) is -0.135. The molecular weight excluding hydrogens is 360 g/mol. The van der Waals surface area contributed by atoms with Gasteiger partial charge < -0.3 is 4.90 Å². The summed E-state index contributed by atoms with van der Waals surface area (Å²) in [5.41, 5.74) is 1.43. The van der Waals surface area contributed by atoms with Crippen molar-refractivity contribution in [3.05, 3.63) is 51.9 Å². The first-order valence-electron chi connectivity index (χ1n) is 7.79. The van der Waals surface area contributed by atoms with Crippen molar-refractivity contribution in [3.63, 3.8) is 0 Å². The van der Waals surface area contributed by atoms with E-state index in [9.17, 15) is 13.2 Å². The van der Waals surface area contributed by atoms with E-state index in [4.69, 9.17) is 0 Å². The van der Waals surface area contributed by atoms with E-state index >= 15 is 0 Å². The van der Waals surface area contributed by atoms with Gasteiger partial charge in [0, 0.05) is 31.6 Å².